The molecule has 128 valence electrons. The predicted octanol–water partition coefficient (Wildman–Crippen LogP) is 4.68. The molecule has 0 N–H and O–H groups in total. The topological polar surface area (TPSA) is 20.3 Å². The Kier molecular flexibility index (Phi) is 3.99. The van der Waals surface area contributed by atoms with E-state index in [1.807, 2.05) is 18.0 Å². The molecular formula is C23H25NO. The fraction of sp³-hybridized carbons (Fsp3) is 0.348. The maximum atomic E-state index is 12.1. The van der Waals surface area contributed by atoms with Crippen LogP contribution in [0.1, 0.15) is 48.4 Å². The minimum Gasteiger partial charge on any atom is -0.342 e. The molecule has 4 rings (SSSR count). The van der Waals surface area contributed by atoms with Crippen LogP contribution in [0.2, 0.25) is 0 Å². The Morgan fingerprint density at radius 3 is 2.60 bits per heavy atom. The lowest BCUT2D eigenvalue weighted by Gasteiger charge is -2.50. The van der Waals surface area contributed by atoms with Gasteiger partial charge in [-0.1, -0.05) is 67.6 Å². The van der Waals surface area contributed by atoms with E-state index in [9.17, 15) is 4.79 Å². The highest BCUT2D eigenvalue weighted by atomic mass is 16.2. The van der Waals surface area contributed by atoms with E-state index >= 15 is 0 Å². The number of nitrogens with zero attached hydrogens (tertiary/aromatic N) is 1. The van der Waals surface area contributed by atoms with Crippen molar-refractivity contribution in [2.24, 2.45) is 0 Å². The third kappa shape index (κ3) is 2.80. The Hall–Kier alpha value is -2.35. The summed E-state index contributed by atoms with van der Waals surface area (Å²) in [6, 6.07) is 17.6. The zero-order valence-corrected chi connectivity index (χ0v) is 15.0. The molecule has 2 aromatic carbocycles. The van der Waals surface area contributed by atoms with E-state index < -0.39 is 0 Å². The lowest BCUT2D eigenvalue weighted by atomic mass is 9.63. The standard InChI is InChI=1S/C23H25NO/c1-23-15-14-22(25)24(2)21(23)13-11-19-16-18(10-12-20(19)23)9-8-17-6-4-3-5-7-17/h3-10,12,16,21H,11,13-15H2,1-2H3/b9-8-/t21?,23-/m1/s1. The maximum Gasteiger partial charge on any atom is 0.222 e. The van der Waals surface area contributed by atoms with Crippen molar-refractivity contribution in [2.45, 2.75) is 44.1 Å². The Labute approximate surface area is 150 Å². The number of hydrogen-bond donors (Lipinski definition) is 0. The molecule has 0 bridgehead atoms. The molecule has 2 atom stereocenters. The van der Waals surface area contributed by atoms with E-state index in [0.717, 1.165) is 19.3 Å². The number of amides is 1. The van der Waals surface area contributed by atoms with Crippen molar-refractivity contribution in [3.05, 3.63) is 70.8 Å². The van der Waals surface area contributed by atoms with E-state index in [-0.39, 0.29) is 5.41 Å². The molecule has 2 aromatic rings. The fourth-order valence-electron chi connectivity index (χ4n) is 4.67. The number of aryl methyl sites for hydroxylation is 1. The lowest BCUT2D eigenvalue weighted by molar-refractivity contribution is -0.138. The predicted molar refractivity (Wildman–Crippen MR) is 103 cm³/mol. The van der Waals surface area contributed by atoms with Crippen molar-refractivity contribution in [3.8, 4) is 0 Å². The second-order valence-corrected chi connectivity index (χ2v) is 7.64. The number of rotatable bonds is 2. The normalized spacial score (nSPS) is 25.8. The fourth-order valence-corrected chi connectivity index (χ4v) is 4.67. The molecule has 0 radical (unpaired) electrons. The number of piperidine rings is 1. The summed E-state index contributed by atoms with van der Waals surface area (Å²) in [4.78, 5) is 14.1. The van der Waals surface area contributed by atoms with Crippen molar-refractivity contribution in [3.63, 3.8) is 0 Å². The summed E-state index contributed by atoms with van der Waals surface area (Å²) in [5, 5.41) is 0. The van der Waals surface area contributed by atoms with Crippen LogP contribution < -0.4 is 0 Å². The summed E-state index contributed by atoms with van der Waals surface area (Å²) < 4.78 is 0. The molecule has 2 nitrogen and oxygen atoms in total. The summed E-state index contributed by atoms with van der Waals surface area (Å²) in [6.45, 7) is 2.35. The van der Waals surface area contributed by atoms with Crippen LogP contribution in [0.4, 0.5) is 0 Å². The van der Waals surface area contributed by atoms with Gasteiger partial charge >= 0.3 is 0 Å². The van der Waals surface area contributed by atoms with Gasteiger partial charge in [0.15, 0.2) is 0 Å². The average molecular weight is 331 g/mol. The second-order valence-electron chi connectivity index (χ2n) is 7.64. The average Bonchev–Trinajstić information content (AvgIpc) is 2.64. The highest BCUT2D eigenvalue weighted by molar-refractivity contribution is 5.78. The van der Waals surface area contributed by atoms with Crippen LogP contribution in [0.25, 0.3) is 12.2 Å². The largest absolute Gasteiger partial charge is 0.342 e. The zero-order valence-electron chi connectivity index (χ0n) is 15.0. The van der Waals surface area contributed by atoms with Crippen molar-refractivity contribution in [1.29, 1.82) is 0 Å². The van der Waals surface area contributed by atoms with E-state index in [0.29, 0.717) is 18.4 Å². The molecule has 0 spiro atoms. The Bertz CT molecular complexity index is 823. The van der Waals surface area contributed by atoms with Crippen LogP contribution >= 0.6 is 0 Å². The molecule has 0 saturated carbocycles. The summed E-state index contributed by atoms with van der Waals surface area (Å²) >= 11 is 0. The van der Waals surface area contributed by atoms with Crippen molar-refractivity contribution in [1.82, 2.24) is 4.90 Å². The molecule has 1 fully saturated rings. The molecule has 1 aliphatic carbocycles. The highest BCUT2D eigenvalue weighted by Crippen LogP contribution is 2.45. The minimum atomic E-state index is 0.0952. The van der Waals surface area contributed by atoms with E-state index in [2.05, 4.69) is 61.5 Å². The molecule has 1 unspecified atom stereocenters. The molecule has 2 heteroatoms. The quantitative estimate of drug-likeness (QED) is 0.732. The van der Waals surface area contributed by atoms with Crippen molar-refractivity contribution < 1.29 is 4.79 Å². The molecule has 25 heavy (non-hydrogen) atoms. The number of likely N-dealkylation sites (N-methyl/N-ethyl adjacent to an activating group) is 1. The molecule has 1 amide bonds. The third-order valence-corrected chi connectivity index (χ3v) is 6.15. The van der Waals surface area contributed by atoms with Crippen LogP contribution in [0.3, 0.4) is 0 Å². The van der Waals surface area contributed by atoms with Crippen LogP contribution in [0.5, 0.6) is 0 Å². The smallest absolute Gasteiger partial charge is 0.222 e. The first-order valence-corrected chi connectivity index (χ1v) is 9.20. The zero-order chi connectivity index (χ0) is 17.4. The summed E-state index contributed by atoms with van der Waals surface area (Å²) in [5.41, 5.74) is 5.47. The second kappa shape index (κ2) is 6.18. The van der Waals surface area contributed by atoms with E-state index in [1.165, 1.54) is 22.3 Å². The summed E-state index contributed by atoms with van der Waals surface area (Å²) in [5.74, 6) is 0.299. The molecule has 2 aliphatic rings. The van der Waals surface area contributed by atoms with Gasteiger partial charge in [0.2, 0.25) is 5.91 Å². The van der Waals surface area contributed by atoms with Gasteiger partial charge < -0.3 is 4.90 Å². The van der Waals surface area contributed by atoms with Gasteiger partial charge in [0.05, 0.1) is 0 Å². The molecule has 1 saturated heterocycles. The van der Waals surface area contributed by atoms with Crippen LogP contribution in [-0.4, -0.2) is 23.9 Å². The number of hydrogen-bond acceptors (Lipinski definition) is 1. The number of carbonyl (C=O) groups is 1. The third-order valence-electron chi connectivity index (χ3n) is 6.15. The Balaban J connectivity index is 1.64. The van der Waals surface area contributed by atoms with Crippen molar-refractivity contribution >= 4 is 18.1 Å². The van der Waals surface area contributed by atoms with Gasteiger partial charge in [-0.05, 0) is 41.5 Å². The molecule has 0 aromatic heterocycles. The van der Waals surface area contributed by atoms with Gasteiger partial charge in [-0.2, -0.15) is 0 Å². The Morgan fingerprint density at radius 1 is 1.04 bits per heavy atom. The molecule has 1 aliphatic heterocycles. The van der Waals surface area contributed by atoms with Crippen LogP contribution in [-0.2, 0) is 16.6 Å². The van der Waals surface area contributed by atoms with Gasteiger partial charge in [-0.3, -0.25) is 4.79 Å². The van der Waals surface area contributed by atoms with Crippen LogP contribution in [0, 0.1) is 0 Å². The Morgan fingerprint density at radius 2 is 1.80 bits per heavy atom. The molecule has 1 heterocycles. The van der Waals surface area contributed by atoms with Gasteiger partial charge in [-0.15, -0.1) is 0 Å². The SMILES string of the molecule is CN1C(=O)CC[C@]2(C)c3ccc(/C=C\c4ccccc4)cc3CCC12. The van der Waals surface area contributed by atoms with Gasteiger partial charge in [0.25, 0.3) is 0 Å². The number of likely N-dealkylation sites (tertiary alicyclic amines) is 1. The lowest BCUT2D eigenvalue weighted by Crippen LogP contribution is -2.56. The van der Waals surface area contributed by atoms with Gasteiger partial charge in [-0.25, -0.2) is 0 Å². The van der Waals surface area contributed by atoms with E-state index in [1.54, 1.807) is 0 Å². The van der Waals surface area contributed by atoms with E-state index in [4.69, 9.17) is 0 Å². The first-order valence-electron chi connectivity index (χ1n) is 9.20. The summed E-state index contributed by atoms with van der Waals surface area (Å²) in [7, 11) is 1.98. The number of benzene rings is 2. The first kappa shape index (κ1) is 16.1. The molecular weight excluding hydrogens is 306 g/mol. The highest BCUT2D eigenvalue weighted by Gasteiger charge is 2.46. The maximum absolute atomic E-state index is 12.1. The number of fused-ring (bicyclic) bond motifs is 3. The van der Waals surface area contributed by atoms with Gasteiger partial charge in [0.1, 0.15) is 0 Å². The monoisotopic (exact) mass is 331 g/mol. The van der Waals surface area contributed by atoms with Gasteiger partial charge in [0, 0.05) is 24.9 Å². The first-order chi connectivity index (χ1) is 12.1. The number of carbonyl (C=O) groups excluding carboxylic acids is 1. The summed E-state index contributed by atoms with van der Waals surface area (Å²) in [6.07, 6.45) is 8.12. The van der Waals surface area contributed by atoms with Crippen molar-refractivity contribution in [2.75, 3.05) is 7.05 Å². The minimum absolute atomic E-state index is 0.0952. The van der Waals surface area contributed by atoms with Crippen LogP contribution in [0.15, 0.2) is 48.5 Å².